The van der Waals surface area contributed by atoms with E-state index in [1.807, 2.05) is 0 Å². The van der Waals surface area contributed by atoms with Crippen LogP contribution in [0.1, 0.15) is 21.7 Å². The van der Waals surface area contributed by atoms with Gasteiger partial charge in [-0.1, -0.05) is 47.1 Å². The molecular weight excluding hydrogens is 526 g/mol. The lowest BCUT2D eigenvalue weighted by Gasteiger charge is -2.10. The van der Waals surface area contributed by atoms with Gasteiger partial charge < -0.3 is 15.2 Å². The molecule has 1 aromatic heterocycles. The lowest BCUT2D eigenvalue weighted by atomic mass is 10.2. The number of nitrogens with one attached hydrogen (secondary N) is 2. The van der Waals surface area contributed by atoms with Crippen LogP contribution in [0.4, 0.5) is 18.9 Å². The standard InChI is InChI=1S/C22H18Cl2F3N5O2S/c1-2-8-32-18(11-28-20(34)13-6-7-16(23)17(24)9-13)30-31-21(32)35-12-19(33)29-15-5-3-4-14(10-15)22(25,26)27/h2-7,9-10H,1,8,11-12H2,(H,28,34)(H,29,33). The smallest absolute Gasteiger partial charge is 0.345 e. The summed E-state index contributed by atoms with van der Waals surface area (Å²) in [5.41, 5.74) is -0.514. The van der Waals surface area contributed by atoms with E-state index in [2.05, 4.69) is 27.4 Å². The van der Waals surface area contributed by atoms with Gasteiger partial charge in [-0.2, -0.15) is 13.2 Å². The van der Waals surface area contributed by atoms with Crippen LogP contribution in [0.2, 0.25) is 10.0 Å². The Morgan fingerprint density at radius 3 is 2.57 bits per heavy atom. The van der Waals surface area contributed by atoms with Crippen LogP contribution in [0.15, 0.2) is 60.3 Å². The van der Waals surface area contributed by atoms with Crippen molar-refractivity contribution in [1.29, 1.82) is 0 Å². The number of aromatic nitrogens is 3. The maximum Gasteiger partial charge on any atom is 0.416 e. The van der Waals surface area contributed by atoms with Crippen LogP contribution in [0.5, 0.6) is 0 Å². The highest BCUT2D eigenvalue weighted by molar-refractivity contribution is 7.99. The quantitative estimate of drug-likeness (QED) is 0.276. The number of carbonyl (C=O) groups excluding carboxylic acids is 2. The number of anilines is 1. The highest BCUT2D eigenvalue weighted by atomic mass is 35.5. The molecule has 2 N–H and O–H groups in total. The molecule has 0 bridgehead atoms. The number of amides is 2. The number of rotatable bonds is 9. The zero-order valence-corrected chi connectivity index (χ0v) is 20.2. The first kappa shape index (κ1) is 26.6. The van der Waals surface area contributed by atoms with Crippen LogP contribution >= 0.6 is 35.0 Å². The largest absolute Gasteiger partial charge is 0.416 e. The third-order valence-corrected chi connectivity index (χ3v) is 6.21. The van der Waals surface area contributed by atoms with Gasteiger partial charge in [0.15, 0.2) is 11.0 Å². The Morgan fingerprint density at radius 1 is 1.11 bits per heavy atom. The number of thioether (sulfide) groups is 1. The summed E-state index contributed by atoms with van der Waals surface area (Å²) in [5.74, 6) is -0.622. The first-order valence-corrected chi connectivity index (χ1v) is 11.7. The van der Waals surface area contributed by atoms with E-state index in [-0.39, 0.29) is 23.0 Å². The van der Waals surface area contributed by atoms with Gasteiger partial charge in [0.1, 0.15) is 0 Å². The average molecular weight is 544 g/mol. The van der Waals surface area contributed by atoms with E-state index in [1.165, 1.54) is 30.3 Å². The normalized spacial score (nSPS) is 11.2. The SMILES string of the molecule is C=CCn1c(CNC(=O)c2ccc(Cl)c(Cl)c2)nnc1SCC(=O)Nc1cccc(C(F)(F)F)c1. The molecular formula is C22H18Cl2F3N5O2S. The maximum atomic E-state index is 12.9. The molecule has 184 valence electrons. The molecule has 0 radical (unpaired) electrons. The summed E-state index contributed by atoms with van der Waals surface area (Å²) in [6.07, 6.45) is -2.91. The minimum Gasteiger partial charge on any atom is -0.345 e. The second-order valence-corrected chi connectivity index (χ2v) is 8.78. The van der Waals surface area contributed by atoms with Crippen LogP contribution in [0.25, 0.3) is 0 Å². The van der Waals surface area contributed by atoms with Crippen molar-refractivity contribution >= 4 is 52.5 Å². The Kier molecular flexibility index (Phi) is 8.82. The van der Waals surface area contributed by atoms with Crippen LogP contribution in [-0.2, 0) is 24.1 Å². The molecule has 3 aromatic rings. The molecule has 7 nitrogen and oxygen atoms in total. The number of halogens is 5. The predicted molar refractivity (Wildman–Crippen MR) is 129 cm³/mol. The number of nitrogens with zero attached hydrogens (tertiary/aromatic N) is 3. The van der Waals surface area contributed by atoms with Crippen LogP contribution in [0.3, 0.4) is 0 Å². The van der Waals surface area contributed by atoms with E-state index in [4.69, 9.17) is 23.2 Å². The summed E-state index contributed by atoms with van der Waals surface area (Å²) >= 11 is 12.9. The summed E-state index contributed by atoms with van der Waals surface area (Å²) in [7, 11) is 0. The van der Waals surface area contributed by atoms with E-state index in [1.54, 1.807) is 10.6 Å². The Morgan fingerprint density at radius 2 is 1.89 bits per heavy atom. The Balaban J connectivity index is 1.62. The summed E-state index contributed by atoms with van der Waals surface area (Å²) in [4.78, 5) is 24.7. The van der Waals surface area contributed by atoms with Gasteiger partial charge in [0.05, 0.1) is 27.9 Å². The van der Waals surface area contributed by atoms with Crippen molar-refractivity contribution in [3.8, 4) is 0 Å². The van der Waals surface area contributed by atoms with Crippen molar-refractivity contribution < 1.29 is 22.8 Å². The fourth-order valence-electron chi connectivity index (χ4n) is 2.87. The van der Waals surface area contributed by atoms with Crippen LogP contribution < -0.4 is 10.6 Å². The molecule has 0 aliphatic heterocycles. The van der Waals surface area contributed by atoms with Crippen LogP contribution in [-0.4, -0.2) is 32.3 Å². The van der Waals surface area contributed by atoms with Gasteiger partial charge in [0.25, 0.3) is 5.91 Å². The average Bonchev–Trinajstić information content (AvgIpc) is 3.19. The molecule has 2 amide bonds. The highest BCUT2D eigenvalue weighted by Gasteiger charge is 2.30. The molecule has 2 aromatic carbocycles. The molecule has 0 unspecified atom stereocenters. The topological polar surface area (TPSA) is 88.9 Å². The van der Waals surface area contributed by atoms with Gasteiger partial charge >= 0.3 is 6.18 Å². The fourth-order valence-corrected chi connectivity index (χ4v) is 3.93. The predicted octanol–water partition coefficient (Wildman–Crippen LogP) is 5.45. The van der Waals surface area contributed by atoms with Crippen molar-refractivity contribution in [3.05, 3.63) is 82.1 Å². The lowest BCUT2D eigenvalue weighted by molar-refractivity contribution is -0.137. The number of carbonyl (C=O) groups is 2. The van der Waals surface area contributed by atoms with E-state index < -0.39 is 23.6 Å². The molecule has 1 heterocycles. The zero-order chi connectivity index (χ0) is 25.6. The second kappa shape index (κ2) is 11.6. The van der Waals surface area contributed by atoms with Gasteiger partial charge in [0.2, 0.25) is 5.91 Å². The minimum absolute atomic E-state index is 0.0312. The number of hydrogen-bond acceptors (Lipinski definition) is 5. The molecule has 0 saturated heterocycles. The van der Waals surface area contributed by atoms with Crippen molar-refractivity contribution in [3.63, 3.8) is 0 Å². The van der Waals surface area contributed by atoms with Crippen molar-refractivity contribution in [2.24, 2.45) is 0 Å². The van der Waals surface area contributed by atoms with Crippen molar-refractivity contribution in [1.82, 2.24) is 20.1 Å². The fraction of sp³-hybridized carbons (Fsp3) is 0.182. The monoisotopic (exact) mass is 543 g/mol. The molecule has 0 atom stereocenters. The Hall–Kier alpha value is -3.02. The number of alkyl halides is 3. The molecule has 35 heavy (non-hydrogen) atoms. The molecule has 0 aliphatic carbocycles. The molecule has 13 heteroatoms. The summed E-state index contributed by atoms with van der Waals surface area (Å²) < 4.78 is 40.2. The van der Waals surface area contributed by atoms with Crippen LogP contribution in [0, 0.1) is 0 Å². The van der Waals surface area contributed by atoms with Gasteiger partial charge in [-0.05, 0) is 36.4 Å². The highest BCUT2D eigenvalue weighted by Crippen LogP contribution is 2.30. The molecule has 0 fully saturated rings. The van der Waals surface area contributed by atoms with Crippen molar-refractivity contribution in [2.75, 3.05) is 11.1 Å². The van der Waals surface area contributed by atoms with Gasteiger partial charge in [0, 0.05) is 17.8 Å². The van der Waals surface area contributed by atoms with Gasteiger partial charge in [-0.25, -0.2) is 0 Å². The van der Waals surface area contributed by atoms with Crippen molar-refractivity contribution in [2.45, 2.75) is 24.4 Å². The summed E-state index contributed by atoms with van der Waals surface area (Å²) in [6.45, 7) is 4.03. The Labute approximate surface area is 212 Å². The molecule has 0 spiro atoms. The van der Waals surface area contributed by atoms with E-state index in [0.717, 1.165) is 23.9 Å². The van der Waals surface area contributed by atoms with E-state index >= 15 is 0 Å². The lowest BCUT2D eigenvalue weighted by Crippen LogP contribution is -2.25. The molecule has 3 rings (SSSR count). The molecule has 0 aliphatic rings. The molecule has 0 saturated carbocycles. The maximum absolute atomic E-state index is 12.9. The summed E-state index contributed by atoms with van der Waals surface area (Å²) in [5, 5.41) is 14.2. The third kappa shape index (κ3) is 7.23. The third-order valence-electron chi connectivity index (χ3n) is 4.50. The number of hydrogen-bond donors (Lipinski definition) is 2. The summed E-state index contributed by atoms with van der Waals surface area (Å²) in [6, 6.07) is 8.84. The van der Waals surface area contributed by atoms with E-state index in [9.17, 15) is 22.8 Å². The second-order valence-electron chi connectivity index (χ2n) is 7.03. The first-order valence-electron chi connectivity index (χ1n) is 9.94. The Bertz CT molecular complexity index is 1250. The van der Waals surface area contributed by atoms with Gasteiger partial charge in [-0.3, -0.25) is 9.59 Å². The number of benzene rings is 2. The van der Waals surface area contributed by atoms with E-state index in [0.29, 0.717) is 28.1 Å². The van der Waals surface area contributed by atoms with Gasteiger partial charge in [-0.15, -0.1) is 16.8 Å². The number of allylic oxidation sites excluding steroid dienone is 1. The first-order chi connectivity index (χ1) is 16.6. The zero-order valence-electron chi connectivity index (χ0n) is 17.9. The minimum atomic E-state index is -4.51.